The van der Waals surface area contributed by atoms with E-state index < -0.39 is 0 Å². The van der Waals surface area contributed by atoms with Crippen molar-refractivity contribution in [2.45, 2.75) is 18.9 Å². The van der Waals surface area contributed by atoms with Gasteiger partial charge in [0.1, 0.15) is 5.82 Å². The molecule has 0 atom stereocenters. The van der Waals surface area contributed by atoms with Gasteiger partial charge >= 0.3 is 0 Å². The molecule has 0 unspecified atom stereocenters. The van der Waals surface area contributed by atoms with Crippen LogP contribution in [0.2, 0.25) is 0 Å². The molecule has 1 fully saturated rings. The van der Waals surface area contributed by atoms with Crippen molar-refractivity contribution in [3.63, 3.8) is 0 Å². The molecule has 2 heterocycles. The molecule has 1 N–H and O–H groups in total. The first-order valence-electron chi connectivity index (χ1n) is 10.7. The van der Waals surface area contributed by atoms with Crippen molar-refractivity contribution in [1.29, 1.82) is 0 Å². The summed E-state index contributed by atoms with van der Waals surface area (Å²) in [7, 11) is 0. The molecule has 0 saturated carbocycles. The van der Waals surface area contributed by atoms with Gasteiger partial charge in [-0.15, -0.1) is 0 Å². The maximum atomic E-state index is 12.5. The van der Waals surface area contributed by atoms with E-state index in [2.05, 4.69) is 16.3 Å². The lowest BCUT2D eigenvalue weighted by molar-refractivity contribution is 0.0931. The quantitative estimate of drug-likeness (QED) is 0.532. The van der Waals surface area contributed by atoms with Crippen LogP contribution in [-0.2, 0) is 0 Å². The van der Waals surface area contributed by atoms with Crippen LogP contribution in [0.1, 0.15) is 23.2 Å². The predicted molar refractivity (Wildman–Crippen MR) is 124 cm³/mol. The van der Waals surface area contributed by atoms with E-state index in [-0.39, 0.29) is 11.9 Å². The van der Waals surface area contributed by atoms with Crippen LogP contribution in [0.25, 0.3) is 22.3 Å². The largest absolute Gasteiger partial charge is 0.356 e. The number of para-hydroxylation sites is 1. The zero-order valence-electron chi connectivity index (χ0n) is 17.2. The van der Waals surface area contributed by atoms with Crippen molar-refractivity contribution < 1.29 is 4.79 Å². The van der Waals surface area contributed by atoms with Gasteiger partial charge in [0.25, 0.3) is 5.91 Å². The molecule has 154 valence electrons. The molecule has 0 radical (unpaired) electrons. The predicted octanol–water partition coefficient (Wildman–Crippen LogP) is 4.70. The molecule has 1 saturated heterocycles. The van der Waals surface area contributed by atoms with Crippen LogP contribution in [0.5, 0.6) is 0 Å². The number of aromatic nitrogens is 2. The fraction of sp³-hybridized carbons (Fsp3) is 0.192. The summed E-state index contributed by atoms with van der Waals surface area (Å²) < 4.78 is 0. The van der Waals surface area contributed by atoms with Crippen LogP contribution >= 0.6 is 0 Å². The van der Waals surface area contributed by atoms with Gasteiger partial charge in [0.2, 0.25) is 0 Å². The highest BCUT2D eigenvalue weighted by Crippen LogP contribution is 2.29. The molecule has 0 spiro atoms. The first-order valence-corrected chi connectivity index (χ1v) is 10.7. The Kier molecular flexibility index (Phi) is 5.31. The second-order valence-corrected chi connectivity index (χ2v) is 7.85. The summed E-state index contributed by atoms with van der Waals surface area (Å²) in [4.78, 5) is 24.6. The monoisotopic (exact) mass is 408 g/mol. The van der Waals surface area contributed by atoms with Crippen LogP contribution in [0.15, 0.2) is 84.9 Å². The summed E-state index contributed by atoms with van der Waals surface area (Å²) in [6, 6.07) is 27.8. The summed E-state index contributed by atoms with van der Waals surface area (Å²) in [6.07, 6.45) is 1.77. The van der Waals surface area contributed by atoms with Gasteiger partial charge in [-0.05, 0) is 37.1 Å². The minimum Gasteiger partial charge on any atom is -0.356 e. The third-order valence-electron chi connectivity index (χ3n) is 5.78. The number of carbonyl (C=O) groups excluding carboxylic acids is 1. The summed E-state index contributed by atoms with van der Waals surface area (Å²) in [5.74, 6) is 1.71. The molecule has 5 heteroatoms. The number of nitrogens with zero attached hydrogens (tertiary/aromatic N) is 3. The number of benzene rings is 3. The lowest BCUT2D eigenvalue weighted by Gasteiger charge is -2.34. The summed E-state index contributed by atoms with van der Waals surface area (Å²) in [6.45, 7) is 1.68. The molecule has 1 aliphatic heterocycles. The van der Waals surface area contributed by atoms with E-state index >= 15 is 0 Å². The Morgan fingerprint density at radius 3 is 2.19 bits per heavy atom. The zero-order chi connectivity index (χ0) is 21.0. The van der Waals surface area contributed by atoms with E-state index in [4.69, 9.17) is 9.97 Å². The minimum atomic E-state index is -0.00194. The molecule has 1 aliphatic rings. The van der Waals surface area contributed by atoms with Gasteiger partial charge < -0.3 is 10.2 Å². The van der Waals surface area contributed by atoms with Gasteiger partial charge in [0.15, 0.2) is 5.82 Å². The SMILES string of the molecule is O=C(NC1CCN(c2nc(-c3ccccc3)nc3ccccc23)CC1)c1ccccc1. The van der Waals surface area contributed by atoms with Crippen molar-refractivity contribution in [2.24, 2.45) is 0 Å². The van der Waals surface area contributed by atoms with Crippen LogP contribution in [0.4, 0.5) is 5.82 Å². The van der Waals surface area contributed by atoms with E-state index in [0.29, 0.717) is 5.56 Å². The summed E-state index contributed by atoms with van der Waals surface area (Å²) >= 11 is 0. The van der Waals surface area contributed by atoms with Crippen molar-refractivity contribution in [2.75, 3.05) is 18.0 Å². The summed E-state index contributed by atoms with van der Waals surface area (Å²) in [5, 5.41) is 4.25. The molecule has 0 bridgehead atoms. The van der Waals surface area contributed by atoms with Crippen LogP contribution in [0, 0.1) is 0 Å². The number of carbonyl (C=O) groups is 1. The molecule has 0 aliphatic carbocycles. The number of fused-ring (bicyclic) bond motifs is 1. The first kappa shape index (κ1) is 19.2. The smallest absolute Gasteiger partial charge is 0.251 e. The van der Waals surface area contributed by atoms with Crippen LogP contribution in [-0.4, -0.2) is 35.0 Å². The Hall–Kier alpha value is -3.73. The normalized spacial score (nSPS) is 14.5. The number of amides is 1. The van der Waals surface area contributed by atoms with Gasteiger partial charge in [-0.2, -0.15) is 0 Å². The van der Waals surface area contributed by atoms with E-state index in [1.165, 1.54) is 0 Å². The van der Waals surface area contributed by atoms with Crippen molar-refractivity contribution >= 4 is 22.6 Å². The molecule has 3 aromatic carbocycles. The zero-order valence-corrected chi connectivity index (χ0v) is 17.2. The number of anilines is 1. The van der Waals surface area contributed by atoms with E-state index in [1.807, 2.05) is 78.9 Å². The van der Waals surface area contributed by atoms with Gasteiger partial charge in [-0.3, -0.25) is 4.79 Å². The first-order chi connectivity index (χ1) is 15.3. The average Bonchev–Trinajstić information content (AvgIpc) is 2.85. The number of hydrogen-bond acceptors (Lipinski definition) is 4. The Morgan fingerprint density at radius 2 is 1.45 bits per heavy atom. The molecule has 31 heavy (non-hydrogen) atoms. The molecule has 4 aromatic rings. The van der Waals surface area contributed by atoms with E-state index in [9.17, 15) is 4.79 Å². The van der Waals surface area contributed by atoms with Crippen LogP contribution in [0.3, 0.4) is 0 Å². The number of hydrogen-bond donors (Lipinski definition) is 1. The number of piperidine rings is 1. The van der Waals surface area contributed by atoms with Crippen LogP contribution < -0.4 is 10.2 Å². The summed E-state index contributed by atoms with van der Waals surface area (Å²) in [5.41, 5.74) is 2.67. The Morgan fingerprint density at radius 1 is 0.806 bits per heavy atom. The fourth-order valence-corrected chi connectivity index (χ4v) is 4.11. The second-order valence-electron chi connectivity index (χ2n) is 7.85. The maximum absolute atomic E-state index is 12.5. The minimum absolute atomic E-state index is 0.00194. The average molecular weight is 409 g/mol. The molecule has 1 amide bonds. The second kappa shape index (κ2) is 8.56. The molecule has 1 aromatic heterocycles. The molecule has 5 rings (SSSR count). The Bertz CT molecular complexity index is 1190. The topological polar surface area (TPSA) is 58.1 Å². The maximum Gasteiger partial charge on any atom is 0.251 e. The molecular formula is C26H24N4O. The van der Waals surface area contributed by atoms with Crippen molar-refractivity contribution in [1.82, 2.24) is 15.3 Å². The molecule has 5 nitrogen and oxygen atoms in total. The lowest BCUT2D eigenvalue weighted by Crippen LogP contribution is -2.45. The van der Waals surface area contributed by atoms with Gasteiger partial charge in [0.05, 0.1) is 5.52 Å². The number of rotatable bonds is 4. The van der Waals surface area contributed by atoms with Crippen molar-refractivity contribution in [3.8, 4) is 11.4 Å². The Balaban J connectivity index is 1.36. The fourth-order valence-electron chi connectivity index (χ4n) is 4.11. The molecular weight excluding hydrogens is 384 g/mol. The van der Waals surface area contributed by atoms with Crippen molar-refractivity contribution in [3.05, 3.63) is 90.5 Å². The highest BCUT2D eigenvalue weighted by molar-refractivity contribution is 5.94. The third kappa shape index (κ3) is 4.12. The lowest BCUT2D eigenvalue weighted by atomic mass is 10.0. The van der Waals surface area contributed by atoms with Gasteiger partial charge in [-0.25, -0.2) is 9.97 Å². The highest BCUT2D eigenvalue weighted by atomic mass is 16.1. The Labute approximate surface area is 181 Å². The standard InChI is InChI=1S/C26H24N4O/c31-26(20-11-5-2-6-12-20)27-21-15-17-30(18-16-21)25-22-13-7-8-14-23(22)28-24(29-25)19-9-3-1-4-10-19/h1-14,21H,15-18H2,(H,27,31). The number of nitrogens with one attached hydrogen (secondary N) is 1. The third-order valence-corrected chi connectivity index (χ3v) is 5.78. The van der Waals surface area contributed by atoms with E-state index in [0.717, 1.165) is 54.0 Å². The highest BCUT2D eigenvalue weighted by Gasteiger charge is 2.24. The van der Waals surface area contributed by atoms with Gasteiger partial charge in [0, 0.05) is 35.6 Å². The van der Waals surface area contributed by atoms with E-state index in [1.54, 1.807) is 0 Å². The van der Waals surface area contributed by atoms with Gasteiger partial charge in [-0.1, -0.05) is 60.7 Å².